The first-order chi connectivity index (χ1) is 9.24. The molecule has 0 aliphatic carbocycles. The maximum atomic E-state index is 13.8. The fourth-order valence-corrected chi connectivity index (χ4v) is 2.50. The minimum absolute atomic E-state index is 0.160. The number of hydrogen-bond acceptors (Lipinski definition) is 3. The lowest BCUT2D eigenvalue weighted by atomic mass is 10.1. The van der Waals surface area contributed by atoms with Gasteiger partial charge in [0.25, 0.3) is 0 Å². The fraction of sp³-hybridized carbons (Fsp3) is 0.600. The standard InChI is InChI=1S/C15H23FN2O/c1-3-14-11-19-6-5-18(14)15-8-12(10-17-4-2)7-13(16)9-15/h7-9,14,17H,3-6,10-11H2,1-2H3. The van der Waals surface area contributed by atoms with Gasteiger partial charge in [-0.15, -0.1) is 0 Å². The molecule has 0 radical (unpaired) electrons. The Morgan fingerprint density at radius 1 is 1.37 bits per heavy atom. The Kier molecular flexibility index (Phi) is 5.16. The molecule has 106 valence electrons. The summed E-state index contributed by atoms with van der Waals surface area (Å²) in [5, 5.41) is 3.24. The van der Waals surface area contributed by atoms with Gasteiger partial charge in [-0.2, -0.15) is 0 Å². The first kappa shape index (κ1) is 14.3. The van der Waals surface area contributed by atoms with Crippen LogP contribution in [0.15, 0.2) is 18.2 Å². The third-order valence-corrected chi connectivity index (χ3v) is 3.55. The fourth-order valence-electron chi connectivity index (χ4n) is 2.50. The predicted octanol–water partition coefficient (Wildman–Crippen LogP) is 2.55. The topological polar surface area (TPSA) is 24.5 Å². The number of ether oxygens (including phenoxy) is 1. The normalized spacial score (nSPS) is 19.7. The number of nitrogens with one attached hydrogen (secondary N) is 1. The Morgan fingerprint density at radius 2 is 2.21 bits per heavy atom. The quantitative estimate of drug-likeness (QED) is 0.886. The average Bonchev–Trinajstić information content (AvgIpc) is 2.44. The van der Waals surface area contributed by atoms with Gasteiger partial charge >= 0.3 is 0 Å². The van der Waals surface area contributed by atoms with Gasteiger partial charge in [0.05, 0.1) is 19.3 Å². The summed E-state index contributed by atoms with van der Waals surface area (Å²) >= 11 is 0. The molecule has 1 aliphatic rings. The second-order valence-corrected chi connectivity index (χ2v) is 4.93. The minimum Gasteiger partial charge on any atom is -0.377 e. The predicted molar refractivity (Wildman–Crippen MR) is 76.0 cm³/mol. The van der Waals surface area contributed by atoms with Crippen molar-refractivity contribution in [3.8, 4) is 0 Å². The van der Waals surface area contributed by atoms with Gasteiger partial charge in [-0.1, -0.05) is 13.8 Å². The molecule has 1 aromatic carbocycles. The SMILES string of the molecule is CCNCc1cc(F)cc(N2CCOCC2CC)c1. The summed E-state index contributed by atoms with van der Waals surface area (Å²) < 4.78 is 19.3. The molecule has 3 nitrogen and oxygen atoms in total. The second kappa shape index (κ2) is 6.87. The Labute approximate surface area is 114 Å². The Bertz CT molecular complexity index is 411. The third-order valence-electron chi connectivity index (χ3n) is 3.55. The van der Waals surface area contributed by atoms with Crippen LogP contribution in [-0.2, 0) is 11.3 Å². The summed E-state index contributed by atoms with van der Waals surface area (Å²) in [5.74, 6) is -0.160. The smallest absolute Gasteiger partial charge is 0.125 e. The van der Waals surface area contributed by atoms with Crippen LogP contribution < -0.4 is 10.2 Å². The van der Waals surface area contributed by atoms with Crippen molar-refractivity contribution in [1.82, 2.24) is 5.32 Å². The Hall–Kier alpha value is -1.13. The van der Waals surface area contributed by atoms with E-state index in [1.165, 1.54) is 0 Å². The molecule has 1 fully saturated rings. The maximum absolute atomic E-state index is 13.8. The number of nitrogens with zero attached hydrogens (tertiary/aromatic N) is 1. The van der Waals surface area contributed by atoms with Gasteiger partial charge in [-0.25, -0.2) is 4.39 Å². The lowest BCUT2D eigenvalue weighted by Crippen LogP contribution is -2.45. The zero-order valence-electron chi connectivity index (χ0n) is 11.8. The molecule has 1 N–H and O–H groups in total. The van der Waals surface area contributed by atoms with Crippen molar-refractivity contribution in [2.45, 2.75) is 32.9 Å². The van der Waals surface area contributed by atoms with Crippen LogP contribution in [0.1, 0.15) is 25.8 Å². The van der Waals surface area contributed by atoms with Crippen LogP contribution in [0.3, 0.4) is 0 Å². The van der Waals surface area contributed by atoms with Crippen LogP contribution in [0.5, 0.6) is 0 Å². The molecular weight excluding hydrogens is 243 g/mol. The molecule has 0 amide bonds. The largest absolute Gasteiger partial charge is 0.377 e. The number of anilines is 1. The molecule has 1 saturated heterocycles. The lowest BCUT2D eigenvalue weighted by molar-refractivity contribution is 0.0929. The summed E-state index contributed by atoms with van der Waals surface area (Å²) in [4.78, 5) is 2.27. The number of benzene rings is 1. The van der Waals surface area contributed by atoms with E-state index in [2.05, 4.69) is 30.1 Å². The van der Waals surface area contributed by atoms with Crippen LogP contribution in [0.4, 0.5) is 10.1 Å². The van der Waals surface area contributed by atoms with Gasteiger partial charge in [0.1, 0.15) is 5.82 Å². The van der Waals surface area contributed by atoms with E-state index >= 15 is 0 Å². The van der Waals surface area contributed by atoms with Gasteiger partial charge in [0, 0.05) is 18.8 Å². The van der Waals surface area contributed by atoms with E-state index in [4.69, 9.17) is 4.74 Å². The molecule has 0 bridgehead atoms. The van der Waals surface area contributed by atoms with E-state index < -0.39 is 0 Å². The van der Waals surface area contributed by atoms with Crippen molar-refractivity contribution in [3.05, 3.63) is 29.6 Å². The van der Waals surface area contributed by atoms with Gasteiger partial charge in [-0.3, -0.25) is 0 Å². The molecule has 1 heterocycles. The van der Waals surface area contributed by atoms with E-state index in [1.54, 1.807) is 12.1 Å². The van der Waals surface area contributed by atoms with Crippen LogP contribution >= 0.6 is 0 Å². The zero-order chi connectivity index (χ0) is 13.7. The molecule has 1 aliphatic heterocycles. The summed E-state index contributed by atoms with van der Waals surface area (Å²) in [6, 6.07) is 5.67. The Morgan fingerprint density at radius 3 is 2.95 bits per heavy atom. The average molecular weight is 266 g/mol. The number of hydrogen-bond donors (Lipinski definition) is 1. The maximum Gasteiger partial charge on any atom is 0.125 e. The van der Waals surface area contributed by atoms with E-state index in [9.17, 15) is 4.39 Å². The molecule has 0 aromatic heterocycles. The highest BCUT2D eigenvalue weighted by molar-refractivity contribution is 5.50. The van der Waals surface area contributed by atoms with Crippen molar-refractivity contribution in [2.24, 2.45) is 0 Å². The second-order valence-electron chi connectivity index (χ2n) is 4.93. The molecule has 4 heteroatoms. The van der Waals surface area contributed by atoms with E-state index in [1.807, 2.05) is 0 Å². The molecule has 19 heavy (non-hydrogen) atoms. The van der Waals surface area contributed by atoms with E-state index in [-0.39, 0.29) is 5.82 Å². The van der Waals surface area contributed by atoms with E-state index in [0.717, 1.165) is 44.0 Å². The number of rotatable bonds is 5. The van der Waals surface area contributed by atoms with Gasteiger partial charge in [-0.05, 0) is 36.7 Å². The number of morpholine rings is 1. The van der Waals surface area contributed by atoms with Crippen molar-refractivity contribution in [3.63, 3.8) is 0 Å². The van der Waals surface area contributed by atoms with Gasteiger partial charge in [0.2, 0.25) is 0 Å². The molecule has 1 unspecified atom stereocenters. The number of halogens is 1. The zero-order valence-corrected chi connectivity index (χ0v) is 11.8. The van der Waals surface area contributed by atoms with Crippen LogP contribution in [0.25, 0.3) is 0 Å². The first-order valence-corrected chi connectivity index (χ1v) is 7.09. The van der Waals surface area contributed by atoms with Crippen LogP contribution in [0.2, 0.25) is 0 Å². The molecule has 0 spiro atoms. The summed E-state index contributed by atoms with van der Waals surface area (Å²) in [7, 11) is 0. The highest BCUT2D eigenvalue weighted by Gasteiger charge is 2.22. The van der Waals surface area contributed by atoms with Crippen molar-refractivity contribution < 1.29 is 9.13 Å². The third kappa shape index (κ3) is 3.67. The Balaban J connectivity index is 2.19. The molecular formula is C15H23FN2O. The highest BCUT2D eigenvalue weighted by Crippen LogP contribution is 2.24. The van der Waals surface area contributed by atoms with Gasteiger partial charge < -0.3 is 15.0 Å². The molecule has 1 atom stereocenters. The summed E-state index contributed by atoms with van der Waals surface area (Å²) in [6.45, 7) is 8.08. The summed E-state index contributed by atoms with van der Waals surface area (Å²) in [5.41, 5.74) is 1.97. The van der Waals surface area contributed by atoms with Crippen molar-refractivity contribution in [1.29, 1.82) is 0 Å². The van der Waals surface area contributed by atoms with Crippen molar-refractivity contribution >= 4 is 5.69 Å². The molecule has 2 rings (SSSR count). The van der Waals surface area contributed by atoms with E-state index in [0.29, 0.717) is 12.6 Å². The first-order valence-electron chi connectivity index (χ1n) is 7.09. The van der Waals surface area contributed by atoms with Crippen LogP contribution in [0, 0.1) is 5.82 Å². The van der Waals surface area contributed by atoms with Crippen molar-refractivity contribution in [2.75, 3.05) is 31.2 Å². The highest BCUT2D eigenvalue weighted by atomic mass is 19.1. The minimum atomic E-state index is -0.160. The van der Waals surface area contributed by atoms with Crippen LogP contribution in [-0.4, -0.2) is 32.3 Å². The lowest BCUT2D eigenvalue weighted by Gasteiger charge is -2.37. The monoisotopic (exact) mass is 266 g/mol. The van der Waals surface area contributed by atoms with Gasteiger partial charge in [0.15, 0.2) is 0 Å². The molecule has 0 saturated carbocycles. The molecule has 1 aromatic rings. The summed E-state index contributed by atoms with van der Waals surface area (Å²) in [6.07, 6.45) is 1.01.